The predicted molar refractivity (Wildman–Crippen MR) is 70.3 cm³/mol. The van der Waals surface area contributed by atoms with E-state index in [1.807, 2.05) is 11.3 Å². The number of hydrogen-bond donors (Lipinski definition) is 1. The molecule has 1 saturated carbocycles. The number of hydrogen-bond acceptors (Lipinski definition) is 2. The fraction of sp³-hybridized carbons (Fsp3) is 0.714. The van der Waals surface area contributed by atoms with E-state index in [2.05, 4.69) is 16.8 Å². The summed E-state index contributed by atoms with van der Waals surface area (Å²) in [4.78, 5) is 1.67. The molecular weight excluding hydrogens is 214 g/mol. The summed E-state index contributed by atoms with van der Waals surface area (Å²) in [5.74, 6) is 0.794. The Morgan fingerprint density at radius 3 is 3.00 bits per heavy atom. The molecule has 0 aromatic carbocycles. The zero-order valence-corrected chi connectivity index (χ0v) is 10.7. The average molecular weight is 235 g/mol. The van der Waals surface area contributed by atoms with Crippen molar-refractivity contribution in [3.8, 4) is 0 Å². The van der Waals surface area contributed by atoms with E-state index in [1.165, 1.54) is 51.5 Å². The van der Waals surface area contributed by atoms with Gasteiger partial charge in [0.05, 0.1) is 0 Å². The van der Waals surface area contributed by atoms with Gasteiger partial charge >= 0.3 is 0 Å². The van der Waals surface area contributed by atoms with Gasteiger partial charge in [0.15, 0.2) is 0 Å². The second kappa shape index (κ2) is 4.89. The molecule has 1 fully saturated rings. The van der Waals surface area contributed by atoms with Crippen LogP contribution >= 0.6 is 11.3 Å². The molecule has 2 aliphatic rings. The van der Waals surface area contributed by atoms with Crippen LogP contribution in [0.4, 0.5) is 0 Å². The Kier molecular flexibility index (Phi) is 3.30. The van der Waals surface area contributed by atoms with Crippen LogP contribution in [0, 0.1) is 0 Å². The van der Waals surface area contributed by atoms with E-state index in [-0.39, 0.29) is 0 Å². The van der Waals surface area contributed by atoms with Gasteiger partial charge in [-0.3, -0.25) is 0 Å². The largest absolute Gasteiger partial charge is 0.313 e. The molecule has 1 N–H and O–H groups in total. The third-order valence-electron chi connectivity index (χ3n) is 3.91. The molecule has 0 saturated heterocycles. The predicted octanol–water partition coefficient (Wildman–Crippen LogP) is 3.70. The zero-order valence-electron chi connectivity index (χ0n) is 9.87. The molecule has 16 heavy (non-hydrogen) atoms. The maximum atomic E-state index is 3.71. The summed E-state index contributed by atoms with van der Waals surface area (Å²) in [7, 11) is 0. The number of thiophene rings is 1. The van der Waals surface area contributed by atoms with Gasteiger partial charge in [-0.15, -0.1) is 11.3 Å². The second-order valence-electron chi connectivity index (χ2n) is 5.28. The minimum absolute atomic E-state index is 0.794. The molecule has 1 aromatic heterocycles. The van der Waals surface area contributed by atoms with Crippen molar-refractivity contribution in [2.45, 2.75) is 56.9 Å². The summed E-state index contributed by atoms with van der Waals surface area (Å²) in [5.41, 5.74) is 1.66. The lowest BCUT2D eigenvalue weighted by atomic mass is 9.89. The van der Waals surface area contributed by atoms with Gasteiger partial charge in [0, 0.05) is 17.5 Å². The van der Waals surface area contributed by atoms with Gasteiger partial charge < -0.3 is 5.32 Å². The van der Waals surface area contributed by atoms with Crippen LogP contribution in [0.1, 0.15) is 54.9 Å². The average Bonchev–Trinajstić information content (AvgIpc) is 2.98. The zero-order chi connectivity index (χ0) is 10.8. The molecule has 1 nitrogen and oxygen atoms in total. The Balaban J connectivity index is 1.70. The summed E-state index contributed by atoms with van der Waals surface area (Å²) in [5, 5.41) is 6.00. The van der Waals surface area contributed by atoms with Crippen molar-refractivity contribution in [1.82, 2.24) is 5.32 Å². The Labute approximate surface area is 102 Å². The van der Waals surface area contributed by atoms with Crippen LogP contribution < -0.4 is 5.32 Å². The van der Waals surface area contributed by atoms with Crippen molar-refractivity contribution >= 4 is 11.3 Å². The van der Waals surface area contributed by atoms with Crippen LogP contribution in [0.2, 0.25) is 0 Å². The highest BCUT2D eigenvalue weighted by Crippen LogP contribution is 2.33. The summed E-state index contributed by atoms with van der Waals surface area (Å²) >= 11 is 1.97. The molecule has 3 rings (SSSR count). The normalized spacial score (nSPS) is 25.9. The van der Waals surface area contributed by atoms with Crippen LogP contribution in [0.25, 0.3) is 0 Å². The lowest BCUT2D eigenvalue weighted by molar-refractivity contribution is 0.500. The SMILES string of the molecule is c1cc2c(s1)CCCCCC2CNC1CC1. The third-order valence-corrected chi connectivity index (χ3v) is 4.90. The van der Waals surface area contributed by atoms with Crippen LogP contribution in [-0.2, 0) is 6.42 Å². The van der Waals surface area contributed by atoms with E-state index >= 15 is 0 Å². The van der Waals surface area contributed by atoms with Crippen molar-refractivity contribution in [2.24, 2.45) is 0 Å². The van der Waals surface area contributed by atoms with Gasteiger partial charge in [-0.1, -0.05) is 12.8 Å². The summed E-state index contributed by atoms with van der Waals surface area (Å²) < 4.78 is 0. The molecule has 0 amide bonds. The van der Waals surface area contributed by atoms with Crippen molar-refractivity contribution < 1.29 is 0 Å². The number of nitrogens with one attached hydrogen (secondary N) is 1. The van der Waals surface area contributed by atoms with Crippen molar-refractivity contribution in [1.29, 1.82) is 0 Å². The molecule has 88 valence electrons. The number of rotatable bonds is 3. The molecule has 0 aliphatic heterocycles. The Morgan fingerprint density at radius 1 is 1.19 bits per heavy atom. The summed E-state index contributed by atoms with van der Waals surface area (Å²) in [6.45, 7) is 1.22. The first-order valence-corrected chi connectivity index (χ1v) is 7.61. The van der Waals surface area contributed by atoms with E-state index in [0.717, 1.165) is 12.0 Å². The summed E-state index contributed by atoms with van der Waals surface area (Å²) in [6.07, 6.45) is 9.78. The first kappa shape index (κ1) is 10.8. The first-order valence-electron chi connectivity index (χ1n) is 6.73. The van der Waals surface area contributed by atoms with Gasteiger partial charge in [-0.2, -0.15) is 0 Å². The highest BCUT2D eigenvalue weighted by atomic mass is 32.1. The van der Waals surface area contributed by atoms with Gasteiger partial charge in [0.1, 0.15) is 0 Å². The monoisotopic (exact) mass is 235 g/mol. The van der Waals surface area contributed by atoms with Crippen LogP contribution in [0.3, 0.4) is 0 Å². The molecule has 0 spiro atoms. The Morgan fingerprint density at radius 2 is 2.12 bits per heavy atom. The van der Waals surface area contributed by atoms with E-state index in [9.17, 15) is 0 Å². The van der Waals surface area contributed by atoms with E-state index in [4.69, 9.17) is 0 Å². The number of aryl methyl sites for hydroxylation is 1. The fourth-order valence-corrected chi connectivity index (χ4v) is 3.75. The Bertz CT molecular complexity index is 340. The molecule has 1 aromatic rings. The quantitative estimate of drug-likeness (QED) is 0.842. The number of fused-ring (bicyclic) bond motifs is 1. The molecule has 0 bridgehead atoms. The molecule has 2 aliphatic carbocycles. The van der Waals surface area contributed by atoms with Crippen LogP contribution in [0.5, 0.6) is 0 Å². The smallest absolute Gasteiger partial charge is 0.00805 e. The third kappa shape index (κ3) is 2.49. The molecule has 0 radical (unpaired) electrons. The highest BCUT2D eigenvalue weighted by Gasteiger charge is 2.24. The van der Waals surface area contributed by atoms with Gasteiger partial charge in [0.2, 0.25) is 0 Å². The molecular formula is C14H21NS. The van der Waals surface area contributed by atoms with E-state index < -0.39 is 0 Å². The molecule has 2 heteroatoms. The maximum Gasteiger partial charge on any atom is 0.00805 e. The lowest BCUT2D eigenvalue weighted by Crippen LogP contribution is -2.24. The molecule has 1 atom stereocenters. The maximum absolute atomic E-state index is 3.71. The Hall–Kier alpha value is -0.340. The topological polar surface area (TPSA) is 12.0 Å². The van der Waals surface area contributed by atoms with Crippen molar-refractivity contribution in [2.75, 3.05) is 6.54 Å². The minimum Gasteiger partial charge on any atom is -0.313 e. The first-order chi connectivity index (χ1) is 7.93. The molecule has 1 unspecified atom stereocenters. The minimum atomic E-state index is 0.794. The van der Waals surface area contributed by atoms with E-state index in [0.29, 0.717) is 0 Å². The van der Waals surface area contributed by atoms with Gasteiger partial charge in [-0.05, 0) is 55.0 Å². The molecule has 1 heterocycles. The highest BCUT2D eigenvalue weighted by molar-refractivity contribution is 7.10. The second-order valence-corrected chi connectivity index (χ2v) is 6.28. The fourth-order valence-electron chi connectivity index (χ4n) is 2.73. The van der Waals surface area contributed by atoms with E-state index in [1.54, 1.807) is 10.4 Å². The van der Waals surface area contributed by atoms with Gasteiger partial charge in [0.25, 0.3) is 0 Å². The van der Waals surface area contributed by atoms with Crippen molar-refractivity contribution in [3.63, 3.8) is 0 Å². The van der Waals surface area contributed by atoms with Crippen molar-refractivity contribution in [3.05, 3.63) is 21.9 Å². The lowest BCUT2D eigenvalue weighted by Gasteiger charge is -2.21. The van der Waals surface area contributed by atoms with Gasteiger partial charge in [-0.25, -0.2) is 0 Å². The van der Waals surface area contributed by atoms with Crippen LogP contribution in [0.15, 0.2) is 11.4 Å². The summed E-state index contributed by atoms with van der Waals surface area (Å²) in [6, 6.07) is 3.23. The van der Waals surface area contributed by atoms with Crippen LogP contribution in [-0.4, -0.2) is 12.6 Å². The standard InChI is InChI=1S/C14H21NS/c1-2-4-11(10-15-12-6-7-12)13-8-9-16-14(13)5-3-1/h8-9,11-12,15H,1-7,10H2.